The van der Waals surface area contributed by atoms with Gasteiger partial charge >= 0.3 is 0 Å². The molecule has 3 aliphatic rings. The Bertz CT molecular complexity index is 460. The van der Waals surface area contributed by atoms with Crippen LogP contribution in [0.3, 0.4) is 0 Å². The van der Waals surface area contributed by atoms with Crippen molar-refractivity contribution in [1.82, 2.24) is 0 Å². The van der Waals surface area contributed by atoms with Gasteiger partial charge in [0.25, 0.3) is 0 Å². The van der Waals surface area contributed by atoms with Crippen LogP contribution in [-0.4, -0.2) is 11.2 Å². The second kappa shape index (κ2) is 5.57. The maximum Gasteiger partial charge on any atom is 0.0750 e. The standard InChI is InChI=1S/C20H32O/c1-13-5-7-16-9-11-20(4)12-10-17(19(20)14(16)2)15(3)18(21)8-6-13/h13,17-19,21H,3,5-12H2,1-2,4H3. The summed E-state index contributed by atoms with van der Waals surface area (Å²) >= 11 is 0. The molecule has 0 aromatic rings. The Morgan fingerprint density at radius 2 is 1.86 bits per heavy atom. The van der Waals surface area contributed by atoms with Crippen LogP contribution in [0.4, 0.5) is 0 Å². The van der Waals surface area contributed by atoms with Crippen LogP contribution in [0.1, 0.15) is 72.1 Å². The zero-order valence-electron chi connectivity index (χ0n) is 14.1. The topological polar surface area (TPSA) is 20.2 Å². The lowest BCUT2D eigenvalue weighted by Gasteiger charge is -2.41. The van der Waals surface area contributed by atoms with Gasteiger partial charge in [-0.1, -0.05) is 31.6 Å². The smallest absolute Gasteiger partial charge is 0.0750 e. The molecule has 118 valence electrons. The third-order valence-electron chi connectivity index (χ3n) is 6.98. The second-order valence-electron chi connectivity index (χ2n) is 8.38. The van der Waals surface area contributed by atoms with Crippen molar-refractivity contribution in [3.05, 3.63) is 23.3 Å². The van der Waals surface area contributed by atoms with Crippen LogP contribution in [-0.2, 0) is 0 Å². The maximum absolute atomic E-state index is 10.6. The number of allylic oxidation sites excluding steroid dienone is 2. The minimum atomic E-state index is -0.281. The molecule has 1 nitrogen and oxygen atoms in total. The molecule has 3 rings (SSSR count). The number of rotatable bonds is 0. The first kappa shape index (κ1) is 15.3. The van der Waals surface area contributed by atoms with Crippen LogP contribution in [0.15, 0.2) is 23.3 Å². The van der Waals surface area contributed by atoms with E-state index in [2.05, 4.69) is 27.4 Å². The molecule has 0 heterocycles. The van der Waals surface area contributed by atoms with Gasteiger partial charge in [-0.2, -0.15) is 0 Å². The molecule has 1 N–H and O–H groups in total. The predicted molar refractivity (Wildman–Crippen MR) is 89.0 cm³/mol. The van der Waals surface area contributed by atoms with Crippen molar-refractivity contribution in [3.8, 4) is 0 Å². The van der Waals surface area contributed by atoms with E-state index < -0.39 is 0 Å². The molecule has 0 saturated heterocycles. The molecule has 3 aliphatic carbocycles. The molecule has 0 radical (unpaired) electrons. The van der Waals surface area contributed by atoms with E-state index in [0.717, 1.165) is 24.3 Å². The molecule has 0 aliphatic heterocycles. The Morgan fingerprint density at radius 3 is 2.62 bits per heavy atom. The summed E-state index contributed by atoms with van der Waals surface area (Å²) in [4.78, 5) is 0. The molecule has 1 fully saturated rings. The van der Waals surface area contributed by atoms with Gasteiger partial charge < -0.3 is 5.11 Å². The van der Waals surface area contributed by atoms with Crippen molar-refractivity contribution in [2.24, 2.45) is 23.2 Å². The van der Waals surface area contributed by atoms with Crippen molar-refractivity contribution in [1.29, 1.82) is 0 Å². The molecular weight excluding hydrogens is 256 g/mol. The minimum Gasteiger partial charge on any atom is -0.389 e. The molecule has 2 bridgehead atoms. The maximum atomic E-state index is 10.6. The van der Waals surface area contributed by atoms with E-state index in [0.29, 0.717) is 17.3 Å². The highest BCUT2D eigenvalue weighted by molar-refractivity contribution is 5.29. The first-order valence-electron chi connectivity index (χ1n) is 8.97. The summed E-state index contributed by atoms with van der Waals surface area (Å²) in [5.41, 5.74) is 4.99. The van der Waals surface area contributed by atoms with Gasteiger partial charge in [0.05, 0.1) is 6.10 Å². The average molecular weight is 288 g/mol. The summed E-state index contributed by atoms with van der Waals surface area (Å²) in [6.07, 6.45) is 9.55. The predicted octanol–water partition coefficient (Wildman–Crippen LogP) is 5.26. The van der Waals surface area contributed by atoms with E-state index in [1.807, 2.05) is 0 Å². The van der Waals surface area contributed by atoms with Crippen molar-refractivity contribution < 1.29 is 5.11 Å². The second-order valence-corrected chi connectivity index (χ2v) is 8.38. The largest absolute Gasteiger partial charge is 0.389 e. The van der Waals surface area contributed by atoms with Crippen molar-refractivity contribution in [3.63, 3.8) is 0 Å². The Balaban J connectivity index is 1.98. The highest BCUT2D eigenvalue weighted by Gasteiger charge is 2.49. The first-order chi connectivity index (χ1) is 9.92. The SMILES string of the molecule is C=C1C(O)CCC(C)CCC2=C(C)C3C1CCC3(C)CC2. The van der Waals surface area contributed by atoms with Gasteiger partial charge in [-0.25, -0.2) is 0 Å². The zero-order valence-corrected chi connectivity index (χ0v) is 14.1. The molecular formula is C20H32O. The lowest BCUT2D eigenvalue weighted by atomic mass is 9.63. The lowest BCUT2D eigenvalue weighted by molar-refractivity contribution is 0.158. The molecule has 0 aromatic heterocycles. The fourth-order valence-electron chi connectivity index (χ4n) is 5.41. The highest BCUT2D eigenvalue weighted by atomic mass is 16.3. The molecule has 1 heteroatoms. The van der Waals surface area contributed by atoms with Crippen molar-refractivity contribution in [2.75, 3.05) is 0 Å². The Morgan fingerprint density at radius 1 is 1.10 bits per heavy atom. The molecule has 0 amide bonds. The third-order valence-corrected chi connectivity index (χ3v) is 6.98. The van der Waals surface area contributed by atoms with Crippen molar-refractivity contribution >= 4 is 0 Å². The summed E-state index contributed by atoms with van der Waals surface area (Å²) < 4.78 is 0. The van der Waals surface area contributed by atoms with Crippen LogP contribution in [0.5, 0.6) is 0 Å². The fraction of sp³-hybridized carbons (Fsp3) is 0.800. The summed E-state index contributed by atoms with van der Waals surface area (Å²) in [6, 6.07) is 0. The number of hydrogen-bond donors (Lipinski definition) is 1. The van der Waals surface area contributed by atoms with Gasteiger partial charge in [0, 0.05) is 0 Å². The first-order valence-corrected chi connectivity index (χ1v) is 8.97. The van der Waals surface area contributed by atoms with Gasteiger partial charge in [-0.05, 0) is 87.0 Å². The Kier molecular flexibility index (Phi) is 4.07. The molecule has 5 unspecified atom stereocenters. The lowest BCUT2D eigenvalue weighted by Crippen LogP contribution is -2.32. The molecule has 0 aromatic carbocycles. The third kappa shape index (κ3) is 2.63. The average Bonchev–Trinajstić information content (AvgIpc) is 2.80. The number of hydrogen-bond acceptors (Lipinski definition) is 1. The van der Waals surface area contributed by atoms with Gasteiger partial charge in [-0.15, -0.1) is 0 Å². The van der Waals surface area contributed by atoms with Crippen LogP contribution in [0.25, 0.3) is 0 Å². The fourth-order valence-corrected chi connectivity index (χ4v) is 5.41. The molecule has 1 saturated carbocycles. The summed E-state index contributed by atoms with van der Waals surface area (Å²) in [7, 11) is 0. The van der Waals surface area contributed by atoms with Crippen LogP contribution in [0, 0.1) is 23.2 Å². The van der Waals surface area contributed by atoms with E-state index in [1.54, 1.807) is 11.1 Å². The van der Waals surface area contributed by atoms with Gasteiger partial charge in [0.2, 0.25) is 0 Å². The summed E-state index contributed by atoms with van der Waals surface area (Å²) in [5, 5.41) is 10.6. The number of aliphatic hydroxyl groups is 1. The van der Waals surface area contributed by atoms with Crippen LogP contribution >= 0.6 is 0 Å². The van der Waals surface area contributed by atoms with E-state index in [9.17, 15) is 5.11 Å². The van der Waals surface area contributed by atoms with E-state index in [-0.39, 0.29) is 6.10 Å². The Hall–Kier alpha value is -0.560. The Labute approximate surface area is 130 Å². The van der Waals surface area contributed by atoms with Crippen LogP contribution in [0.2, 0.25) is 0 Å². The van der Waals surface area contributed by atoms with E-state index in [4.69, 9.17) is 0 Å². The minimum absolute atomic E-state index is 0.281. The molecule has 21 heavy (non-hydrogen) atoms. The van der Waals surface area contributed by atoms with Gasteiger partial charge in [0.1, 0.15) is 0 Å². The van der Waals surface area contributed by atoms with Gasteiger partial charge in [-0.3, -0.25) is 0 Å². The molecule has 5 atom stereocenters. The normalized spacial score (nSPS) is 44.7. The summed E-state index contributed by atoms with van der Waals surface area (Å²) in [6.45, 7) is 11.6. The van der Waals surface area contributed by atoms with Crippen molar-refractivity contribution in [2.45, 2.75) is 78.2 Å². The zero-order chi connectivity index (χ0) is 15.2. The van der Waals surface area contributed by atoms with Gasteiger partial charge in [0.15, 0.2) is 0 Å². The van der Waals surface area contributed by atoms with E-state index in [1.165, 1.54) is 38.5 Å². The highest BCUT2D eigenvalue weighted by Crippen LogP contribution is 2.59. The monoisotopic (exact) mass is 288 g/mol. The van der Waals surface area contributed by atoms with E-state index >= 15 is 0 Å². The molecule has 0 spiro atoms. The summed E-state index contributed by atoms with van der Waals surface area (Å²) in [5.74, 6) is 1.89. The quantitative estimate of drug-likeness (QED) is 0.603. The number of aliphatic hydroxyl groups excluding tert-OH is 1. The van der Waals surface area contributed by atoms with Crippen LogP contribution < -0.4 is 0 Å².